The van der Waals surface area contributed by atoms with Crippen molar-refractivity contribution in [1.29, 1.82) is 0 Å². The van der Waals surface area contributed by atoms with Crippen molar-refractivity contribution in [2.24, 2.45) is 4.99 Å². The van der Waals surface area contributed by atoms with Crippen molar-refractivity contribution < 1.29 is 14.6 Å². The molecule has 2 aromatic rings. The average Bonchev–Trinajstić information content (AvgIpc) is 2.55. The second kappa shape index (κ2) is 7.09. The molecule has 1 aromatic heterocycles. The average molecular weight is 363 g/mol. The molecule has 22 heavy (non-hydrogen) atoms. The molecule has 1 N–H and O–H groups in total. The number of aromatic nitrogens is 1. The van der Waals surface area contributed by atoms with Crippen LogP contribution in [0, 0.1) is 0 Å². The van der Waals surface area contributed by atoms with Crippen molar-refractivity contribution >= 4 is 33.7 Å². The predicted octanol–water partition coefficient (Wildman–Crippen LogP) is 2.66. The minimum Gasteiger partial charge on any atom is -0.507 e. The van der Waals surface area contributed by atoms with Crippen LogP contribution >= 0.6 is 15.9 Å². The first-order valence-corrected chi connectivity index (χ1v) is 7.24. The number of aromatic hydroxyl groups is 1. The molecule has 0 atom stereocenters. The number of halogens is 1. The summed E-state index contributed by atoms with van der Waals surface area (Å²) in [6.07, 6.45) is 4.98. The Morgan fingerprint density at radius 3 is 2.59 bits per heavy atom. The summed E-state index contributed by atoms with van der Waals surface area (Å²) < 4.78 is 7.23. The summed E-state index contributed by atoms with van der Waals surface area (Å²) in [4.78, 5) is 16.1. The Labute approximate surface area is 136 Å². The number of phenolic OH excluding ortho intramolecular Hbond substituents is 1. The maximum Gasteiger partial charge on any atom is 0.355 e. The molecule has 6 heteroatoms. The van der Waals surface area contributed by atoms with Gasteiger partial charge in [0.05, 0.1) is 12.5 Å². The Morgan fingerprint density at radius 1 is 1.32 bits per heavy atom. The lowest BCUT2D eigenvalue weighted by molar-refractivity contribution is -0.134. The van der Waals surface area contributed by atoms with Gasteiger partial charge in [-0.1, -0.05) is 15.9 Å². The quantitative estimate of drug-likeness (QED) is 0.674. The van der Waals surface area contributed by atoms with Gasteiger partial charge in [0.2, 0.25) is 0 Å². The molecule has 0 saturated heterocycles. The highest BCUT2D eigenvalue weighted by atomic mass is 79.9. The Balaban J connectivity index is 2.56. The van der Waals surface area contributed by atoms with Crippen LogP contribution in [0.25, 0.3) is 11.8 Å². The number of benzene rings is 1. The van der Waals surface area contributed by atoms with E-state index >= 15 is 0 Å². The molecule has 0 aliphatic carbocycles. The van der Waals surface area contributed by atoms with E-state index in [4.69, 9.17) is 4.74 Å². The molecule has 114 valence electrons. The molecule has 0 aliphatic heterocycles. The van der Waals surface area contributed by atoms with Crippen molar-refractivity contribution in [3.05, 3.63) is 58.1 Å². The van der Waals surface area contributed by atoms with Gasteiger partial charge in [0.25, 0.3) is 0 Å². The molecule has 0 spiro atoms. The van der Waals surface area contributed by atoms with Gasteiger partial charge in [0.15, 0.2) is 0 Å². The number of hydrogen-bond donors (Lipinski definition) is 1. The number of hydrogen-bond acceptors (Lipinski definition) is 4. The van der Waals surface area contributed by atoms with Gasteiger partial charge < -0.3 is 14.4 Å². The third-order valence-corrected chi connectivity index (χ3v) is 3.52. The van der Waals surface area contributed by atoms with Gasteiger partial charge in [-0.2, -0.15) is 0 Å². The summed E-state index contributed by atoms with van der Waals surface area (Å²) in [5.74, 6) is -0.434. The number of carbonyl (C=O) groups is 1. The van der Waals surface area contributed by atoms with Crippen molar-refractivity contribution in [3.63, 3.8) is 0 Å². The van der Waals surface area contributed by atoms with E-state index in [1.54, 1.807) is 60.4 Å². The van der Waals surface area contributed by atoms with Crippen LogP contribution in [0.5, 0.6) is 5.75 Å². The standard InChI is InChI=1S/C16H15BrN2O3/c1-18-13-5-7-19(8-6-13)14(16(21)22-2)10-11-9-12(17)3-4-15(11)20/h3-10,20H,1-2H3/b14-10+. The molecule has 5 nitrogen and oxygen atoms in total. The summed E-state index contributed by atoms with van der Waals surface area (Å²) in [6.45, 7) is 0. The van der Waals surface area contributed by atoms with Crippen molar-refractivity contribution in [1.82, 2.24) is 4.57 Å². The lowest BCUT2D eigenvalue weighted by atomic mass is 10.1. The van der Waals surface area contributed by atoms with Gasteiger partial charge in [-0.3, -0.25) is 4.99 Å². The highest BCUT2D eigenvalue weighted by molar-refractivity contribution is 9.10. The van der Waals surface area contributed by atoms with Crippen LogP contribution in [-0.4, -0.2) is 29.8 Å². The van der Waals surface area contributed by atoms with Crippen LogP contribution in [0.2, 0.25) is 0 Å². The van der Waals surface area contributed by atoms with E-state index in [2.05, 4.69) is 20.9 Å². The first kappa shape index (κ1) is 16.0. The fraction of sp³-hybridized carbons (Fsp3) is 0.125. The number of phenols is 1. The third kappa shape index (κ3) is 3.65. The summed E-state index contributed by atoms with van der Waals surface area (Å²) >= 11 is 3.34. The number of ether oxygens (including phenoxy) is 1. The van der Waals surface area contributed by atoms with E-state index < -0.39 is 5.97 Å². The summed E-state index contributed by atoms with van der Waals surface area (Å²) in [5.41, 5.74) is 0.782. The number of rotatable bonds is 3. The Bertz CT molecular complexity index is 774. The van der Waals surface area contributed by atoms with E-state index in [-0.39, 0.29) is 11.4 Å². The van der Waals surface area contributed by atoms with Gasteiger partial charge in [-0.25, -0.2) is 4.79 Å². The van der Waals surface area contributed by atoms with Gasteiger partial charge in [-0.15, -0.1) is 0 Å². The molecule has 0 saturated carbocycles. The second-order valence-electron chi connectivity index (χ2n) is 4.41. The smallest absolute Gasteiger partial charge is 0.355 e. The normalized spacial score (nSPS) is 11.1. The van der Waals surface area contributed by atoms with E-state index in [1.807, 2.05) is 0 Å². The molecule has 0 aliphatic rings. The van der Waals surface area contributed by atoms with Crippen LogP contribution in [0.4, 0.5) is 0 Å². The van der Waals surface area contributed by atoms with E-state index in [1.165, 1.54) is 7.11 Å². The molecule has 0 unspecified atom stereocenters. The van der Waals surface area contributed by atoms with E-state index in [0.29, 0.717) is 5.56 Å². The van der Waals surface area contributed by atoms with Gasteiger partial charge in [-0.05, 0) is 36.4 Å². The third-order valence-electron chi connectivity index (χ3n) is 3.02. The highest BCUT2D eigenvalue weighted by Crippen LogP contribution is 2.25. The fourth-order valence-corrected chi connectivity index (χ4v) is 2.24. The number of carbonyl (C=O) groups excluding carboxylic acids is 1. The summed E-state index contributed by atoms with van der Waals surface area (Å²) in [7, 11) is 3.00. The zero-order valence-electron chi connectivity index (χ0n) is 12.2. The second-order valence-corrected chi connectivity index (χ2v) is 5.33. The van der Waals surface area contributed by atoms with E-state index in [9.17, 15) is 9.90 Å². The fourth-order valence-electron chi connectivity index (χ4n) is 1.86. The zero-order chi connectivity index (χ0) is 16.1. The first-order chi connectivity index (χ1) is 10.5. The van der Waals surface area contributed by atoms with Crippen LogP contribution in [0.1, 0.15) is 5.56 Å². The number of methoxy groups -OCH3 is 1. The molecular weight excluding hydrogens is 348 g/mol. The van der Waals surface area contributed by atoms with Crippen LogP contribution in [0.15, 0.2) is 52.2 Å². The molecule has 1 aromatic carbocycles. The van der Waals surface area contributed by atoms with Gasteiger partial charge >= 0.3 is 5.97 Å². The first-order valence-electron chi connectivity index (χ1n) is 6.45. The summed E-state index contributed by atoms with van der Waals surface area (Å²) in [5, 5.41) is 10.7. The monoisotopic (exact) mass is 362 g/mol. The van der Waals surface area contributed by atoms with Crippen LogP contribution in [0.3, 0.4) is 0 Å². The lowest BCUT2D eigenvalue weighted by Crippen LogP contribution is -2.12. The Morgan fingerprint density at radius 2 is 2.00 bits per heavy atom. The maximum atomic E-state index is 12.0. The molecule has 0 bridgehead atoms. The van der Waals surface area contributed by atoms with Gasteiger partial charge in [0.1, 0.15) is 11.4 Å². The lowest BCUT2D eigenvalue weighted by Gasteiger charge is -2.10. The predicted molar refractivity (Wildman–Crippen MR) is 87.9 cm³/mol. The molecule has 1 heterocycles. The molecule has 0 radical (unpaired) electrons. The number of pyridine rings is 1. The van der Waals surface area contributed by atoms with Crippen LogP contribution < -0.4 is 5.36 Å². The van der Waals surface area contributed by atoms with E-state index in [0.717, 1.165) is 9.83 Å². The van der Waals surface area contributed by atoms with Crippen LogP contribution in [-0.2, 0) is 9.53 Å². The Hall–Kier alpha value is -2.34. The minimum atomic E-state index is -0.509. The van der Waals surface area contributed by atoms with Crippen molar-refractivity contribution in [2.75, 3.05) is 14.2 Å². The Kier molecular flexibility index (Phi) is 5.16. The largest absolute Gasteiger partial charge is 0.507 e. The molecular formula is C16H15BrN2O3. The maximum absolute atomic E-state index is 12.0. The zero-order valence-corrected chi connectivity index (χ0v) is 13.7. The minimum absolute atomic E-state index is 0.0744. The van der Waals surface area contributed by atoms with Crippen molar-refractivity contribution in [2.45, 2.75) is 0 Å². The number of nitrogens with zero attached hydrogens (tertiary/aromatic N) is 2. The topological polar surface area (TPSA) is 63.8 Å². The highest BCUT2D eigenvalue weighted by Gasteiger charge is 2.12. The molecule has 0 amide bonds. The van der Waals surface area contributed by atoms with Crippen molar-refractivity contribution in [3.8, 4) is 5.75 Å². The molecule has 2 rings (SSSR count). The van der Waals surface area contributed by atoms with Gasteiger partial charge in [0, 0.05) is 29.5 Å². The summed E-state index contributed by atoms with van der Waals surface area (Å²) in [6, 6.07) is 8.54. The number of esters is 1. The molecule has 0 fully saturated rings. The SMILES string of the molecule is CN=c1ccn(/C(=C/c2cc(Br)ccc2O)C(=O)OC)cc1.